The molecule has 1 aliphatic rings. The van der Waals surface area contributed by atoms with Gasteiger partial charge in [0.2, 0.25) is 11.8 Å². The number of amides is 2. The van der Waals surface area contributed by atoms with Crippen LogP contribution in [0.1, 0.15) is 31.7 Å². The van der Waals surface area contributed by atoms with E-state index in [2.05, 4.69) is 10.6 Å². The van der Waals surface area contributed by atoms with Gasteiger partial charge in [-0.1, -0.05) is 43.3 Å². The Balaban J connectivity index is 1.66. The van der Waals surface area contributed by atoms with Crippen molar-refractivity contribution < 1.29 is 19.5 Å². The van der Waals surface area contributed by atoms with Crippen LogP contribution in [-0.2, 0) is 14.4 Å². The van der Waals surface area contributed by atoms with Gasteiger partial charge in [0.05, 0.1) is 17.1 Å². The maximum atomic E-state index is 12.8. The van der Waals surface area contributed by atoms with E-state index in [1.807, 2.05) is 68.5 Å². The molecule has 0 saturated heterocycles. The number of allylic oxidation sites excluding steroid dienone is 2. The summed E-state index contributed by atoms with van der Waals surface area (Å²) >= 11 is 1.44. The molecule has 1 aliphatic carbocycles. The Hall–Kier alpha value is -3.06. The third-order valence-corrected chi connectivity index (χ3v) is 6.89. The van der Waals surface area contributed by atoms with Crippen LogP contribution in [0.3, 0.4) is 0 Å². The molecule has 0 heterocycles. The van der Waals surface area contributed by atoms with Crippen LogP contribution in [0.4, 0.5) is 11.4 Å². The van der Waals surface area contributed by atoms with E-state index in [4.69, 9.17) is 0 Å². The molecule has 0 aliphatic heterocycles. The van der Waals surface area contributed by atoms with E-state index in [0.29, 0.717) is 24.9 Å². The minimum absolute atomic E-state index is 0.0699. The van der Waals surface area contributed by atoms with Gasteiger partial charge in [0.15, 0.2) is 0 Å². The lowest BCUT2D eigenvalue weighted by Crippen LogP contribution is -2.34. The number of hydrogen-bond donors (Lipinski definition) is 3. The first kappa shape index (κ1) is 23.6. The van der Waals surface area contributed by atoms with Crippen molar-refractivity contribution in [2.24, 2.45) is 11.8 Å². The van der Waals surface area contributed by atoms with Crippen LogP contribution in [0.2, 0.25) is 0 Å². The molecular formula is C25H28N2O4S. The van der Waals surface area contributed by atoms with Gasteiger partial charge in [-0.3, -0.25) is 14.4 Å². The number of thioether (sulfide) groups is 1. The summed E-state index contributed by atoms with van der Waals surface area (Å²) in [7, 11) is 0. The van der Waals surface area contributed by atoms with Crippen molar-refractivity contribution in [3.05, 3.63) is 66.2 Å². The second-order valence-corrected chi connectivity index (χ2v) is 9.11. The Kier molecular flexibility index (Phi) is 8.11. The number of nitrogens with one attached hydrogen (secondary N) is 2. The van der Waals surface area contributed by atoms with E-state index in [0.717, 1.165) is 16.1 Å². The van der Waals surface area contributed by atoms with E-state index < -0.39 is 17.8 Å². The first-order valence-electron chi connectivity index (χ1n) is 10.7. The van der Waals surface area contributed by atoms with Gasteiger partial charge in [0.25, 0.3) is 0 Å². The molecule has 3 N–H and O–H groups in total. The normalized spacial score (nSPS) is 18.6. The largest absolute Gasteiger partial charge is 0.481 e. The zero-order chi connectivity index (χ0) is 23.1. The number of anilines is 2. The second-order valence-electron chi connectivity index (χ2n) is 7.83. The minimum Gasteiger partial charge on any atom is -0.481 e. The molecule has 2 aromatic rings. The van der Waals surface area contributed by atoms with Crippen LogP contribution < -0.4 is 10.6 Å². The summed E-state index contributed by atoms with van der Waals surface area (Å²) < 4.78 is 0. The number of rotatable bonds is 8. The van der Waals surface area contributed by atoms with Crippen LogP contribution in [0.25, 0.3) is 0 Å². The van der Waals surface area contributed by atoms with E-state index in [-0.39, 0.29) is 17.1 Å². The van der Waals surface area contributed by atoms with Crippen molar-refractivity contribution in [2.45, 2.75) is 43.3 Å². The topological polar surface area (TPSA) is 95.5 Å². The molecule has 0 radical (unpaired) electrons. The van der Waals surface area contributed by atoms with Crippen LogP contribution in [-0.4, -0.2) is 28.1 Å². The maximum absolute atomic E-state index is 12.8. The van der Waals surface area contributed by atoms with E-state index >= 15 is 0 Å². The molecule has 0 fully saturated rings. The lowest BCUT2D eigenvalue weighted by molar-refractivity contribution is -0.146. The van der Waals surface area contributed by atoms with Crippen molar-refractivity contribution in [2.75, 3.05) is 10.6 Å². The van der Waals surface area contributed by atoms with Gasteiger partial charge in [-0.25, -0.2) is 0 Å². The molecule has 0 bridgehead atoms. The molecule has 3 atom stereocenters. The lowest BCUT2D eigenvalue weighted by Gasteiger charge is -2.24. The molecule has 168 valence electrons. The quantitative estimate of drug-likeness (QED) is 0.382. The average Bonchev–Trinajstić information content (AvgIpc) is 2.79. The average molecular weight is 453 g/mol. The van der Waals surface area contributed by atoms with Crippen LogP contribution in [0.5, 0.6) is 0 Å². The molecule has 2 amide bonds. The third kappa shape index (κ3) is 6.01. The monoisotopic (exact) mass is 452 g/mol. The predicted octanol–water partition coefficient (Wildman–Crippen LogP) is 5.11. The fraction of sp³-hybridized carbons (Fsp3) is 0.320. The predicted molar refractivity (Wildman–Crippen MR) is 128 cm³/mol. The Morgan fingerprint density at radius 3 is 2.44 bits per heavy atom. The third-order valence-electron chi connectivity index (χ3n) is 5.53. The van der Waals surface area contributed by atoms with Gasteiger partial charge in [-0.15, -0.1) is 11.8 Å². The zero-order valence-electron chi connectivity index (χ0n) is 18.2. The Morgan fingerprint density at radius 1 is 1.03 bits per heavy atom. The SMILES string of the molecule is CCC(Sc1cccc(NC(=O)C2CC=CCC2C(=O)O)c1)C(=O)Nc1ccccc1C. The molecule has 3 unspecified atom stereocenters. The lowest BCUT2D eigenvalue weighted by atomic mass is 9.82. The van der Waals surface area contributed by atoms with Gasteiger partial charge in [0, 0.05) is 16.3 Å². The van der Waals surface area contributed by atoms with Crippen molar-refractivity contribution in [1.29, 1.82) is 0 Å². The summed E-state index contributed by atoms with van der Waals surface area (Å²) in [6.07, 6.45) is 5.08. The number of carboxylic acids is 1. The van der Waals surface area contributed by atoms with E-state index in [1.54, 1.807) is 6.07 Å². The first-order valence-corrected chi connectivity index (χ1v) is 11.6. The number of para-hydroxylation sites is 1. The van der Waals surface area contributed by atoms with Gasteiger partial charge in [-0.05, 0) is 56.0 Å². The molecule has 6 nitrogen and oxygen atoms in total. The van der Waals surface area contributed by atoms with Crippen molar-refractivity contribution >= 4 is 40.9 Å². The molecule has 7 heteroatoms. The highest BCUT2D eigenvalue weighted by atomic mass is 32.2. The standard InChI is InChI=1S/C25H28N2O4S/c1-3-22(24(29)27-21-14-7-4-9-16(21)2)32-18-11-8-10-17(15-18)26-23(28)19-12-5-6-13-20(19)25(30)31/h4-11,14-15,19-20,22H,3,12-13H2,1-2H3,(H,26,28)(H,27,29)(H,30,31). The first-order chi connectivity index (χ1) is 15.4. The summed E-state index contributed by atoms with van der Waals surface area (Å²) in [5.41, 5.74) is 2.39. The number of carbonyl (C=O) groups is 3. The molecule has 0 spiro atoms. The van der Waals surface area contributed by atoms with Gasteiger partial charge >= 0.3 is 5.97 Å². The fourth-order valence-electron chi connectivity index (χ4n) is 3.67. The minimum atomic E-state index is -0.954. The summed E-state index contributed by atoms with van der Waals surface area (Å²) in [6, 6.07) is 15.0. The van der Waals surface area contributed by atoms with E-state index in [1.165, 1.54) is 11.8 Å². The van der Waals surface area contributed by atoms with Crippen molar-refractivity contribution in [3.63, 3.8) is 0 Å². The Bertz CT molecular complexity index is 1020. The van der Waals surface area contributed by atoms with Crippen molar-refractivity contribution in [3.8, 4) is 0 Å². The Morgan fingerprint density at radius 2 is 1.75 bits per heavy atom. The number of aliphatic carboxylic acids is 1. The van der Waals surface area contributed by atoms with Gasteiger partial charge in [-0.2, -0.15) is 0 Å². The highest BCUT2D eigenvalue weighted by Gasteiger charge is 2.34. The highest BCUT2D eigenvalue weighted by Crippen LogP contribution is 2.31. The fourth-order valence-corrected chi connectivity index (χ4v) is 4.69. The van der Waals surface area contributed by atoms with Gasteiger partial charge < -0.3 is 15.7 Å². The Labute approximate surface area is 192 Å². The second kappa shape index (κ2) is 11.0. The summed E-state index contributed by atoms with van der Waals surface area (Å²) in [4.78, 5) is 37.9. The summed E-state index contributed by atoms with van der Waals surface area (Å²) in [5.74, 6) is -2.64. The maximum Gasteiger partial charge on any atom is 0.307 e. The summed E-state index contributed by atoms with van der Waals surface area (Å²) in [6.45, 7) is 3.91. The number of carbonyl (C=O) groups excluding carboxylic acids is 2. The molecule has 2 aromatic carbocycles. The zero-order valence-corrected chi connectivity index (χ0v) is 19.0. The highest BCUT2D eigenvalue weighted by molar-refractivity contribution is 8.00. The summed E-state index contributed by atoms with van der Waals surface area (Å²) in [5, 5.41) is 15.0. The molecule has 0 aromatic heterocycles. The number of aryl methyl sites for hydroxylation is 1. The van der Waals surface area contributed by atoms with Crippen LogP contribution >= 0.6 is 11.8 Å². The van der Waals surface area contributed by atoms with Crippen molar-refractivity contribution in [1.82, 2.24) is 0 Å². The molecular weight excluding hydrogens is 424 g/mol. The van der Waals surface area contributed by atoms with E-state index in [9.17, 15) is 19.5 Å². The molecule has 32 heavy (non-hydrogen) atoms. The van der Waals surface area contributed by atoms with Crippen LogP contribution in [0, 0.1) is 18.8 Å². The molecule has 0 saturated carbocycles. The smallest absolute Gasteiger partial charge is 0.307 e. The number of carboxylic acid groups (broad SMARTS) is 1. The van der Waals surface area contributed by atoms with Gasteiger partial charge in [0.1, 0.15) is 0 Å². The molecule has 3 rings (SSSR count). The number of hydrogen-bond acceptors (Lipinski definition) is 4. The number of benzene rings is 2. The van der Waals surface area contributed by atoms with Crippen LogP contribution in [0.15, 0.2) is 65.6 Å².